The molecule has 2 aromatic rings. The Balaban J connectivity index is 1.31. The van der Waals surface area contributed by atoms with Gasteiger partial charge >= 0.3 is 0 Å². The Labute approximate surface area is 148 Å². The minimum absolute atomic E-state index is 0.209. The fourth-order valence-electron chi connectivity index (χ4n) is 4.03. The predicted octanol–water partition coefficient (Wildman–Crippen LogP) is 1.37. The van der Waals surface area contributed by atoms with E-state index in [-0.39, 0.29) is 5.92 Å². The van der Waals surface area contributed by atoms with Crippen molar-refractivity contribution in [3.8, 4) is 0 Å². The third-order valence-corrected chi connectivity index (χ3v) is 5.46. The first-order chi connectivity index (χ1) is 12.2. The lowest BCUT2D eigenvalue weighted by atomic mass is 9.92. The molecule has 2 atom stereocenters. The van der Waals surface area contributed by atoms with Gasteiger partial charge in [0.2, 0.25) is 5.91 Å². The van der Waals surface area contributed by atoms with Gasteiger partial charge in [-0.2, -0.15) is 0 Å². The zero-order chi connectivity index (χ0) is 17.2. The van der Waals surface area contributed by atoms with Gasteiger partial charge < -0.3 is 14.6 Å². The second-order valence-corrected chi connectivity index (χ2v) is 7.38. The summed E-state index contributed by atoms with van der Waals surface area (Å²) in [4.78, 5) is 21.9. The standard InChI is InChI=1S/C19H27N5O/c1-15-12-16(5-6-20-15)19(25)23-10-8-22(9-11-23)13-17-14-24-7-3-2-4-18(24)21-17/h2-4,7,14-16,20H,5-6,8-13H2,1H3/t15-,16-/m0/s1. The van der Waals surface area contributed by atoms with Crippen molar-refractivity contribution < 1.29 is 4.79 Å². The fraction of sp³-hybridized carbons (Fsp3) is 0.579. The number of nitrogens with one attached hydrogen (secondary N) is 1. The number of fused-ring (bicyclic) bond motifs is 1. The van der Waals surface area contributed by atoms with Crippen LogP contribution in [0.2, 0.25) is 0 Å². The van der Waals surface area contributed by atoms with E-state index in [0.29, 0.717) is 11.9 Å². The highest BCUT2D eigenvalue weighted by atomic mass is 16.2. The first-order valence-electron chi connectivity index (χ1n) is 9.36. The number of aromatic nitrogens is 2. The highest BCUT2D eigenvalue weighted by Crippen LogP contribution is 2.20. The molecule has 6 heteroatoms. The van der Waals surface area contributed by atoms with Gasteiger partial charge in [-0.3, -0.25) is 9.69 Å². The minimum Gasteiger partial charge on any atom is -0.340 e. The monoisotopic (exact) mass is 341 g/mol. The molecule has 1 N–H and O–H groups in total. The highest BCUT2D eigenvalue weighted by molar-refractivity contribution is 5.79. The summed E-state index contributed by atoms with van der Waals surface area (Å²) >= 11 is 0. The normalized spacial score (nSPS) is 25.4. The second-order valence-electron chi connectivity index (χ2n) is 7.38. The molecule has 0 spiro atoms. The van der Waals surface area contributed by atoms with Crippen LogP contribution in [0.15, 0.2) is 30.6 Å². The number of carbonyl (C=O) groups is 1. The molecule has 1 amide bonds. The Hall–Kier alpha value is -1.92. The smallest absolute Gasteiger partial charge is 0.225 e. The molecular formula is C19H27N5O. The molecule has 0 bridgehead atoms. The average Bonchev–Trinajstić information content (AvgIpc) is 3.04. The summed E-state index contributed by atoms with van der Waals surface area (Å²) < 4.78 is 2.06. The van der Waals surface area contributed by atoms with E-state index >= 15 is 0 Å². The minimum atomic E-state index is 0.209. The molecule has 0 saturated carbocycles. The summed E-state index contributed by atoms with van der Waals surface area (Å²) in [5.41, 5.74) is 2.09. The SMILES string of the molecule is C[C@H]1C[C@@H](C(=O)N2CCN(Cc3cn4ccccc4n3)CC2)CCN1. The molecule has 25 heavy (non-hydrogen) atoms. The lowest BCUT2D eigenvalue weighted by Crippen LogP contribution is -2.51. The maximum Gasteiger partial charge on any atom is 0.225 e. The molecule has 0 radical (unpaired) electrons. The molecule has 2 aliphatic heterocycles. The zero-order valence-corrected chi connectivity index (χ0v) is 14.9. The van der Waals surface area contributed by atoms with Crippen LogP contribution in [0.1, 0.15) is 25.5 Å². The van der Waals surface area contributed by atoms with E-state index in [4.69, 9.17) is 0 Å². The molecule has 4 rings (SSSR count). The lowest BCUT2D eigenvalue weighted by Gasteiger charge is -2.37. The van der Waals surface area contributed by atoms with E-state index in [1.54, 1.807) is 0 Å². The Morgan fingerprint density at radius 3 is 2.88 bits per heavy atom. The van der Waals surface area contributed by atoms with Crippen LogP contribution in [0, 0.1) is 5.92 Å². The Kier molecular flexibility index (Phi) is 4.72. The second kappa shape index (κ2) is 7.14. The van der Waals surface area contributed by atoms with Crippen molar-refractivity contribution in [2.24, 2.45) is 5.92 Å². The molecule has 2 aliphatic rings. The summed E-state index contributed by atoms with van der Waals surface area (Å²) in [7, 11) is 0. The number of hydrogen-bond acceptors (Lipinski definition) is 4. The van der Waals surface area contributed by atoms with Crippen molar-refractivity contribution in [2.75, 3.05) is 32.7 Å². The van der Waals surface area contributed by atoms with Crippen molar-refractivity contribution in [1.82, 2.24) is 24.5 Å². The van der Waals surface area contributed by atoms with Crippen LogP contribution in [-0.4, -0.2) is 63.9 Å². The van der Waals surface area contributed by atoms with Gasteiger partial charge in [-0.1, -0.05) is 6.07 Å². The third-order valence-electron chi connectivity index (χ3n) is 5.46. The molecule has 0 unspecified atom stereocenters. The topological polar surface area (TPSA) is 52.9 Å². The predicted molar refractivity (Wildman–Crippen MR) is 97.2 cm³/mol. The van der Waals surface area contributed by atoms with Gasteiger partial charge in [-0.25, -0.2) is 4.98 Å². The summed E-state index contributed by atoms with van der Waals surface area (Å²) in [5, 5.41) is 3.43. The van der Waals surface area contributed by atoms with E-state index in [0.717, 1.165) is 63.5 Å². The molecule has 2 fully saturated rings. The summed E-state index contributed by atoms with van der Waals surface area (Å²) in [6.07, 6.45) is 6.08. The number of carbonyl (C=O) groups excluding carboxylic acids is 1. The van der Waals surface area contributed by atoms with Crippen molar-refractivity contribution in [3.05, 3.63) is 36.3 Å². The van der Waals surface area contributed by atoms with Gasteiger partial charge in [-0.15, -0.1) is 0 Å². The highest BCUT2D eigenvalue weighted by Gasteiger charge is 2.30. The number of hydrogen-bond donors (Lipinski definition) is 1. The first-order valence-corrected chi connectivity index (χ1v) is 9.36. The third kappa shape index (κ3) is 3.70. The molecule has 2 saturated heterocycles. The van der Waals surface area contributed by atoms with Crippen LogP contribution in [0.3, 0.4) is 0 Å². The van der Waals surface area contributed by atoms with Crippen molar-refractivity contribution in [2.45, 2.75) is 32.4 Å². The van der Waals surface area contributed by atoms with Crippen LogP contribution in [0.5, 0.6) is 0 Å². The van der Waals surface area contributed by atoms with Crippen LogP contribution in [0.25, 0.3) is 5.65 Å². The molecule has 6 nitrogen and oxygen atoms in total. The molecule has 4 heterocycles. The summed E-state index contributed by atoms with van der Waals surface area (Å²) in [5.74, 6) is 0.571. The maximum atomic E-state index is 12.7. The molecule has 0 aromatic carbocycles. The molecule has 134 valence electrons. The van der Waals surface area contributed by atoms with E-state index in [1.165, 1.54) is 0 Å². The average molecular weight is 341 g/mol. The lowest BCUT2D eigenvalue weighted by molar-refractivity contribution is -0.138. The van der Waals surface area contributed by atoms with Crippen LogP contribution in [0.4, 0.5) is 0 Å². The zero-order valence-electron chi connectivity index (χ0n) is 14.9. The number of imidazole rings is 1. The number of pyridine rings is 1. The van der Waals surface area contributed by atoms with Gasteiger partial charge in [0.15, 0.2) is 0 Å². The van der Waals surface area contributed by atoms with Gasteiger partial charge in [0.25, 0.3) is 0 Å². The molecule has 0 aliphatic carbocycles. The Morgan fingerprint density at radius 2 is 2.12 bits per heavy atom. The number of piperidine rings is 1. The van der Waals surface area contributed by atoms with E-state index in [1.807, 2.05) is 24.4 Å². The largest absolute Gasteiger partial charge is 0.340 e. The summed E-state index contributed by atoms with van der Waals surface area (Å²) in [6, 6.07) is 6.52. The number of rotatable bonds is 3. The fourth-order valence-corrected chi connectivity index (χ4v) is 4.03. The summed E-state index contributed by atoms with van der Waals surface area (Å²) in [6.45, 7) is 7.53. The molecular weight excluding hydrogens is 314 g/mol. The van der Waals surface area contributed by atoms with E-state index in [2.05, 4.69) is 37.6 Å². The van der Waals surface area contributed by atoms with Crippen LogP contribution in [-0.2, 0) is 11.3 Å². The van der Waals surface area contributed by atoms with Crippen LogP contribution < -0.4 is 5.32 Å². The van der Waals surface area contributed by atoms with E-state index < -0.39 is 0 Å². The number of piperazine rings is 1. The van der Waals surface area contributed by atoms with Gasteiger partial charge in [0.1, 0.15) is 5.65 Å². The van der Waals surface area contributed by atoms with Gasteiger partial charge in [-0.05, 0) is 38.4 Å². The maximum absolute atomic E-state index is 12.7. The van der Waals surface area contributed by atoms with Crippen LogP contribution >= 0.6 is 0 Å². The van der Waals surface area contributed by atoms with Crippen molar-refractivity contribution in [1.29, 1.82) is 0 Å². The number of amides is 1. The Bertz CT molecular complexity index is 701. The quantitative estimate of drug-likeness (QED) is 0.916. The van der Waals surface area contributed by atoms with Gasteiger partial charge in [0.05, 0.1) is 5.69 Å². The van der Waals surface area contributed by atoms with Gasteiger partial charge in [0, 0.05) is 57.1 Å². The number of nitrogens with zero attached hydrogens (tertiary/aromatic N) is 4. The van der Waals surface area contributed by atoms with E-state index in [9.17, 15) is 4.79 Å². The van der Waals surface area contributed by atoms with Crippen molar-refractivity contribution >= 4 is 11.6 Å². The molecule has 2 aromatic heterocycles. The Morgan fingerprint density at radius 1 is 1.28 bits per heavy atom. The van der Waals surface area contributed by atoms with Crippen molar-refractivity contribution in [3.63, 3.8) is 0 Å². The first kappa shape index (κ1) is 16.5.